The van der Waals surface area contributed by atoms with Gasteiger partial charge in [0.25, 0.3) is 0 Å². The molecular formula is C25H31N7O4S. The number of para-hydroxylation sites is 1. The van der Waals surface area contributed by atoms with Crippen molar-refractivity contribution in [3.05, 3.63) is 54.5 Å². The van der Waals surface area contributed by atoms with Gasteiger partial charge in [0.05, 0.1) is 30.9 Å². The number of morpholine rings is 1. The van der Waals surface area contributed by atoms with Gasteiger partial charge in [-0.2, -0.15) is 5.10 Å². The average Bonchev–Trinajstić information content (AvgIpc) is 3.30. The Labute approximate surface area is 219 Å². The van der Waals surface area contributed by atoms with Crippen LogP contribution in [0.15, 0.2) is 54.0 Å². The first-order valence-corrected chi connectivity index (χ1v) is 12.9. The number of carbonyl (C=O) groups excluding carboxylic acids is 2. The Balaban J connectivity index is 1.28. The molecule has 3 heterocycles. The van der Waals surface area contributed by atoms with Crippen molar-refractivity contribution in [1.82, 2.24) is 30.4 Å². The van der Waals surface area contributed by atoms with Gasteiger partial charge in [-0.05, 0) is 30.0 Å². The number of amides is 2. The largest absolute Gasteiger partial charge is 0.453 e. The standard InChI is InChI=1S/C25H31N7O4S/c1-16(10-17-6-4-5-7-20(17)31-22(33)14-27-25(34)35-3)21-13-26-11-18(36-21)8-9-37-24-19-12-30-32(2)23(19)28-15-29-24/h4-7,12,15,18,21,26H,1,8-11,13-14H2,2-3H3,(H,27,34)(H,31,33). The number of nitrogens with one attached hydrogen (secondary N) is 3. The molecule has 0 spiro atoms. The summed E-state index contributed by atoms with van der Waals surface area (Å²) in [5.41, 5.74) is 3.33. The minimum Gasteiger partial charge on any atom is -0.453 e. The average molecular weight is 526 g/mol. The van der Waals surface area contributed by atoms with E-state index in [0.29, 0.717) is 18.7 Å². The van der Waals surface area contributed by atoms with E-state index in [-0.39, 0.29) is 24.7 Å². The van der Waals surface area contributed by atoms with Gasteiger partial charge < -0.3 is 25.4 Å². The van der Waals surface area contributed by atoms with E-state index in [0.717, 1.165) is 45.9 Å². The van der Waals surface area contributed by atoms with Gasteiger partial charge in [-0.15, -0.1) is 11.8 Å². The molecule has 0 radical (unpaired) electrons. The maximum Gasteiger partial charge on any atom is 0.407 e. The number of hydrogen-bond donors (Lipinski definition) is 3. The molecule has 4 rings (SSSR count). The first-order valence-electron chi connectivity index (χ1n) is 11.9. The molecule has 0 bridgehead atoms. The van der Waals surface area contributed by atoms with Crippen molar-refractivity contribution in [2.24, 2.45) is 7.05 Å². The summed E-state index contributed by atoms with van der Waals surface area (Å²) in [4.78, 5) is 32.2. The normalized spacial score (nSPS) is 17.4. The Morgan fingerprint density at radius 1 is 1.30 bits per heavy atom. The van der Waals surface area contributed by atoms with Crippen molar-refractivity contribution in [1.29, 1.82) is 0 Å². The number of fused-ring (bicyclic) bond motifs is 1. The van der Waals surface area contributed by atoms with Crippen LogP contribution >= 0.6 is 11.8 Å². The number of aromatic nitrogens is 4. The molecule has 12 heteroatoms. The predicted molar refractivity (Wildman–Crippen MR) is 141 cm³/mol. The summed E-state index contributed by atoms with van der Waals surface area (Å²) in [5.74, 6) is 0.505. The third-order valence-electron chi connectivity index (χ3n) is 5.97. The van der Waals surface area contributed by atoms with Crippen LogP contribution < -0.4 is 16.0 Å². The van der Waals surface area contributed by atoms with Crippen molar-refractivity contribution >= 4 is 40.5 Å². The summed E-state index contributed by atoms with van der Waals surface area (Å²) in [6, 6.07) is 7.53. The molecule has 11 nitrogen and oxygen atoms in total. The van der Waals surface area contributed by atoms with Crippen LogP contribution in [0.5, 0.6) is 0 Å². The number of rotatable bonds is 10. The summed E-state index contributed by atoms with van der Waals surface area (Å²) in [7, 11) is 3.12. The third kappa shape index (κ3) is 7.06. The van der Waals surface area contributed by atoms with Crippen LogP contribution in [0.2, 0.25) is 0 Å². The first kappa shape index (κ1) is 26.6. The first-order chi connectivity index (χ1) is 17.9. The van der Waals surface area contributed by atoms with Gasteiger partial charge in [0, 0.05) is 31.6 Å². The second-order valence-corrected chi connectivity index (χ2v) is 9.70. The van der Waals surface area contributed by atoms with E-state index in [1.807, 2.05) is 31.3 Å². The summed E-state index contributed by atoms with van der Waals surface area (Å²) in [6.07, 6.45) is 4.02. The highest BCUT2D eigenvalue weighted by atomic mass is 32.2. The van der Waals surface area contributed by atoms with Crippen LogP contribution in [0.1, 0.15) is 12.0 Å². The number of nitrogens with zero attached hydrogens (tertiary/aromatic N) is 4. The topological polar surface area (TPSA) is 132 Å². The van der Waals surface area contributed by atoms with Gasteiger partial charge in [-0.25, -0.2) is 14.8 Å². The fraction of sp³-hybridized carbons (Fsp3) is 0.400. The lowest BCUT2D eigenvalue weighted by molar-refractivity contribution is -0.115. The Bertz CT molecular complexity index is 1260. The highest BCUT2D eigenvalue weighted by molar-refractivity contribution is 7.99. The monoisotopic (exact) mass is 525 g/mol. The number of anilines is 1. The zero-order valence-corrected chi connectivity index (χ0v) is 21.7. The second kappa shape index (κ2) is 12.7. The van der Waals surface area contributed by atoms with Crippen LogP contribution in [0, 0.1) is 0 Å². The minimum atomic E-state index is -0.658. The molecular weight excluding hydrogens is 494 g/mol. The number of methoxy groups -OCH3 is 1. The van der Waals surface area contributed by atoms with Crippen LogP contribution in [0.3, 0.4) is 0 Å². The zero-order chi connectivity index (χ0) is 26.2. The zero-order valence-electron chi connectivity index (χ0n) is 20.9. The maximum absolute atomic E-state index is 12.2. The van der Waals surface area contributed by atoms with Crippen LogP contribution in [-0.2, 0) is 27.7 Å². The summed E-state index contributed by atoms with van der Waals surface area (Å²) >= 11 is 1.67. The third-order valence-corrected chi connectivity index (χ3v) is 7.01. The lowest BCUT2D eigenvalue weighted by atomic mass is 9.99. The molecule has 2 atom stereocenters. The molecule has 1 aliphatic rings. The molecule has 3 aromatic rings. The number of hydrogen-bond acceptors (Lipinski definition) is 9. The molecule has 2 unspecified atom stereocenters. The highest BCUT2D eigenvalue weighted by Crippen LogP contribution is 2.26. The fourth-order valence-electron chi connectivity index (χ4n) is 4.03. The molecule has 1 fully saturated rings. The summed E-state index contributed by atoms with van der Waals surface area (Å²) < 4.78 is 12.6. The Morgan fingerprint density at radius 2 is 2.14 bits per heavy atom. The Hall–Kier alpha value is -3.48. The van der Waals surface area contributed by atoms with Crippen molar-refractivity contribution < 1.29 is 19.1 Å². The van der Waals surface area contributed by atoms with Gasteiger partial charge in [0.1, 0.15) is 17.9 Å². The van der Waals surface area contributed by atoms with Gasteiger partial charge in [-0.1, -0.05) is 24.8 Å². The van der Waals surface area contributed by atoms with Crippen molar-refractivity contribution in [2.75, 3.05) is 37.8 Å². The van der Waals surface area contributed by atoms with E-state index in [4.69, 9.17) is 4.74 Å². The molecule has 37 heavy (non-hydrogen) atoms. The number of alkyl carbamates (subject to hydrolysis) is 1. The maximum atomic E-state index is 12.2. The molecule has 196 valence electrons. The number of aryl methyl sites for hydroxylation is 1. The van der Waals surface area contributed by atoms with Crippen molar-refractivity contribution in [3.8, 4) is 0 Å². The molecule has 0 aliphatic carbocycles. The van der Waals surface area contributed by atoms with E-state index >= 15 is 0 Å². The molecule has 3 N–H and O–H groups in total. The number of thioether (sulfide) groups is 1. The van der Waals surface area contributed by atoms with E-state index in [9.17, 15) is 9.59 Å². The lowest BCUT2D eigenvalue weighted by Crippen LogP contribution is -2.45. The molecule has 1 aromatic carbocycles. The second-order valence-electron chi connectivity index (χ2n) is 8.61. The van der Waals surface area contributed by atoms with Gasteiger partial charge in [0.15, 0.2) is 5.65 Å². The van der Waals surface area contributed by atoms with E-state index in [1.54, 1.807) is 29.0 Å². The fourth-order valence-corrected chi connectivity index (χ4v) is 5.03. The Kier molecular flexibility index (Phi) is 9.09. The number of carbonyl (C=O) groups is 2. The highest BCUT2D eigenvalue weighted by Gasteiger charge is 2.25. The Morgan fingerprint density at radius 3 is 2.97 bits per heavy atom. The molecule has 0 saturated carbocycles. The lowest BCUT2D eigenvalue weighted by Gasteiger charge is -2.32. The van der Waals surface area contributed by atoms with E-state index in [1.165, 1.54) is 7.11 Å². The molecule has 1 saturated heterocycles. The molecule has 2 aromatic heterocycles. The number of ether oxygens (including phenoxy) is 2. The number of benzene rings is 1. The van der Waals surface area contributed by atoms with Crippen LogP contribution in [-0.4, -0.2) is 76.5 Å². The van der Waals surface area contributed by atoms with E-state index in [2.05, 4.69) is 42.3 Å². The van der Waals surface area contributed by atoms with Crippen molar-refractivity contribution in [3.63, 3.8) is 0 Å². The quantitative estimate of drug-likeness (QED) is 0.207. The predicted octanol–water partition coefficient (Wildman–Crippen LogP) is 2.30. The van der Waals surface area contributed by atoms with Crippen LogP contribution in [0.25, 0.3) is 11.0 Å². The smallest absolute Gasteiger partial charge is 0.407 e. The van der Waals surface area contributed by atoms with Crippen molar-refractivity contribution in [2.45, 2.75) is 30.1 Å². The van der Waals surface area contributed by atoms with E-state index < -0.39 is 6.09 Å². The SMILES string of the molecule is C=C(Cc1ccccc1NC(=O)CNC(=O)OC)C1CNCC(CCSc2ncnc3c2cnn3C)O1. The molecule has 1 aliphatic heterocycles. The molecule has 2 amide bonds. The van der Waals surface area contributed by atoms with Gasteiger partial charge >= 0.3 is 6.09 Å². The minimum absolute atomic E-state index is 0.0496. The van der Waals surface area contributed by atoms with Crippen LogP contribution in [0.4, 0.5) is 10.5 Å². The van der Waals surface area contributed by atoms with Gasteiger partial charge in [-0.3, -0.25) is 9.48 Å². The summed E-state index contributed by atoms with van der Waals surface area (Å²) in [6.45, 7) is 5.56. The van der Waals surface area contributed by atoms with Gasteiger partial charge in [0.2, 0.25) is 5.91 Å². The summed E-state index contributed by atoms with van der Waals surface area (Å²) in [5, 5.41) is 14.8.